The predicted molar refractivity (Wildman–Crippen MR) is 71.3 cm³/mol. The highest BCUT2D eigenvalue weighted by Gasteiger charge is 2.28. The van der Waals surface area contributed by atoms with Crippen LogP contribution in [0.3, 0.4) is 0 Å². The summed E-state index contributed by atoms with van der Waals surface area (Å²) in [6, 6.07) is 0.818. The first-order chi connectivity index (χ1) is 8.25. The monoisotopic (exact) mass is 238 g/mol. The molecule has 0 amide bonds. The lowest BCUT2D eigenvalue weighted by molar-refractivity contribution is 0.0324. The molecule has 2 heterocycles. The zero-order valence-corrected chi connectivity index (χ0v) is 11.2. The minimum atomic E-state index is 0.712. The summed E-state index contributed by atoms with van der Waals surface area (Å²) in [6.45, 7) is 13.5. The Labute approximate surface area is 105 Å². The van der Waals surface area contributed by atoms with Gasteiger partial charge in [0.05, 0.1) is 13.2 Å². The molecular formula is C14H26N2O. The van der Waals surface area contributed by atoms with Crippen molar-refractivity contribution in [2.45, 2.75) is 32.2 Å². The quantitative estimate of drug-likeness (QED) is 0.536. The molecular weight excluding hydrogens is 212 g/mol. The molecule has 0 aromatic rings. The van der Waals surface area contributed by atoms with Crippen molar-refractivity contribution in [1.82, 2.24) is 9.80 Å². The van der Waals surface area contributed by atoms with Crippen molar-refractivity contribution in [1.29, 1.82) is 0 Å². The van der Waals surface area contributed by atoms with Crippen molar-refractivity contribution in [3.05, 3.63) is 12.2 Å². The Balaban J connectivity index is 1.64. The van der Waals surface area contributed by atoms with Gasteiger partial charge in [0.15, 0.2) is 0 Å². The van der Waals surface area contributed by atoms with E-state index in [1.54, 1.807) is 0 Å². The van der Waals surface area contributed by atoms with Crippen molar-refractivity contribution in [2.24, 2.45) is 0 Å². The number of piperazine rings is 1. The van der Waals surface area contributed by atoms with Gasteiger partial charge < -0.3 is 4.74 Å². The molecule has 0 bridgehead atoms. The smallest absolute Gasteiger partial charge is 0.0672 e. The summed E-state index contributed by atoms with van der Waals surface area (Å²) in [5, 5.41) is 0. The third-order valence-electron chi connectivity index (χ3n) is 3.82. The van der Waals surface area contributed by atoms with E-state index in [-0.39, 0.29) is 0 Å². The molecule has 3 heteroatoms. The summed E-state index contributed by atoms with van der Waals surface area (Å²) in [6.07, 6.45) is 4.21. The summed E-state index contributed by atoms with van der Waals surface area (Å²) in [7, 11) is 0. The van der Waals surface area contributed by atoms with Gasteiger partial charge in [0.1, 0.15) is 0 Å². The number of piperidine rings is 1. The van der Waals surface area contributed by atoms with Gasteiger partial charge >= 0.3 is 0 Å². The molecule has 0 spiro atoms. The fraction of sp³-hybridized carbons (Fsp3) is 0.857. The molecule has 2 fully saturated rings. The topological polar surface area (TPSA) is 15.7 Å². The summed E-state index contributed by atoms with van der Waals surface area (Å²) >= 11 is 0. The molecule has 0 saturated carbocycles. The van der Waals surface area contributed by atoms with Gasteiger partial charge in [-0.3, -0.25) is 9.80 Å². The maximum absolute atomic E-state index is 5.58. The van der Waals surface area contributed by atoms with Crippen LogP contribution in [0.2, 0.25) is 0 Å². The van der Waals surface area contributed by atoms with Crippen LogP contribution in [0.25, 0.3) is 0 Å². The van der Waals surface area contributed by atoms with Crippen molar-refractivity contribution in [3.63, 3.8) is 0 Å². The molecule has 3 nitrogen and oxygen atoms in total. The third kappa shape index (κ3) is 4.09. The molecule has 2 rings (SSSR count). The zero-order valence-electron chi connectivity index (χ0n) is 11.2. The molecule has 2 aliphatic rings. The SMILES string of the molecule is C=C(C)COCCN1CCN2CCCCC2C1. The van der Waals surface area contributed by atoms with Gasteiger partial charge in [0.2, 0.25) is 0 Å². The van der Waals surface area contributed by atoms with E-state index in [4.69, 9.17) is 4.74 Å². The van der Waals surface area contributed by atoms with E-state index >= 15 is 0 Å². The van der Waals surface area contributed by atoms with E-state index in [9.17, 15) is 0 Å². The normalized spacial score (nSPS) is 26.8. The van der Waals surface area contributed by atoms with E-state index in [1.807, 2.05) is 6.92 Å². The molecule has 0 aromatic heterocycles. The first-order valence-electron chi connectivity index (χ1n) is 6.94. The fourth-order valence-corrected chi connectivity index (χ4v) is 2.86. The second kappa shape index (κ2) is 6.53. The molecule has 1 unspecified atom stereocenters. The molecule has 2 saturated heterocycles. The lowest BCUT2D eigenvalue weighted by Gasteiger charge is -2.44. The Morgan fingerprint density at radius 1 is 1.29 bits per heavy atom. The minimum Gasteiger partial charge on any atom is -0.376 e. The molecule has 2 aliphatic heterocycles. The van der Waals surface area contributed by atoms with Gasteiger partial charge in [-0.2, -0.15) is 0 Å². The number of hydrogen-bond acceptors (Lipinski definition) is 3. The molecule has 0 aromatic carbocycles. The van der Waals surface area contributed by atoms with E-state index in [2.05, 4.69) is 16.4 Å². The standard InChI is InChI=1S/C14H26N2O/c1-13(2)12-17-10-9-15-7-8-16-6-4-3-5-14(16)11-15/h14H,1,3-12H2,2H3. The van der Waals surface area contributed by atoms with Gasteiger partial charge in [0.25, 0.3) is 0 Å². The van der Waals surface area contributed by atoms with Crippen molar-refractivity contribution < 1.29 is 4.74 Å². The third-order valence-corrected chi connectivity index (χ3v) is 3.82. The first-order valence-corrected chi connectivity index (χ1v) is 6.94. The summed E-state index contributed by atoms with van der Waals surface area (Å²) in [5.41, 5.74) is 1.11. The molecule has 0 N–H and O–H groups in total. The van der Waals surface area contributed by atoms with Crippen LogP contribution in [0.15, 0.2) is 12.2 Å². The van der Waals surface area contributed by atoms with Crippen LogP contribution in [0, 0.1) is 0 Å². The van der Waals surface area contributed by atoms with E-state index in [0.29, 0.717) is 6.61 Å². The average Bonchev–Trinajstić information content (AvgIpc) is 2.34. The van der Waals surface area contributed by atoms with Gasteiger partial charge in [-0.05, 0) is 26.3 Å². The minimum absolute atomic E-state index is 0.712. The Kier molecular flexibility index (Phi) is 5.01. The number of ether oxygens (including phenoxy) is 1. The van der Waals surface area contributed by atoms with Crippen molar-refractivity contribution in [3.8, 4) is 0 Å². The van der Waals surface area contributed by atoms with Crippen molar-refractivity contribution >= 4 is 0 Å². The van der Waals surface area contributed by atoms with Crippen LogP contribution in [0.1, 0.15) is 26.2 Å². The Morgan fingerprint density at radius 3 is 3.00 bits per heavy atom. The maximum Gasteiger partial charge on any atom is 0.0672 e. The predicted octanol–water partition coefficient (Wildman–Crippen LogP) is 1.75. The largest absolute Gasteiger partial charge is 0.376 e. The summed E-state index contributed by atoms with van der Waals surface area (Å²) < 4.78 is 5.58. The van der Waals surface area contributed by atoms with E-state index in [1.165, 1.54) is 45.4 Å². The van der Waals surface area contributed by atoms with Gasteiger partial charge in [-0.1, -0.05) is 18.6 Å². The average molecular weight is 238 g/mol. The first kappa shape index (κ1) is 13.1. The van der Waals surface area contributed by atoms with Crippen LogP contribution in [0.5, 0.6) is 0 Å². The van der Waals surface area contributed by atoms with Crippen LogP contribution >= 0.6 is 0 Å². The van der Waals surface area contributed by atoms with Gasteiger partial charge in [-0.15, -0.1) is 0 Å². The molecule has 1 atom stereocenters. The lowest BCUT2D eigenvalue weighted by Crippen LogP contribution is -2.55. The fourth-order valence-electron chi connectivity index (χ4n) is 2.86. The van der Waals surface area contributed by atoms with Crippen LogP contribution < -0.4 is 0 Å². The van der Waals surface area contributed by atoms with E-state index < -0.39 is 0 Å². The summed E-state index contributed by atoms with van der Waals surface area (Å²) in [4.78, 5) is 5.24. The zero-order chi connectivity index (χ0) is 12.1. The lowest BCUT2D eigenvalue weighted by atomic mass is 9.99. The van der Waals surface area contributed by atoms with E-state index in [0.717, 1.165) is 24.8 Å². The summed E-state index contributed by atoms with van der Waals surface area (Å²) in [5.74, 6) is 0. The Morgan fingerprint density at radius 2 is 2.18 bits per heavy atom. The number of rotatable bonds is 5. The highest BCUT2D eigenvalue weighted by atomic mass is 16.5. The highest BCUT2D eigenvalue weighted by molar-refractivity contribution is 4.88. The molecule has 98 valence electrons. The van der Waals surface area contributed by atoms with Crippen LogP contribution in [-0.4, -0.2) is 61.8 Å². The van der Waals surface area contributed by atoms with Crippen LogP contribution in [0.4, 0.5) is 0 Å². The number of nitrogens with zero attached hydrogens (tertiary/aromatic N) is 2. The van der Waals surface area contributed by atoms with Gasteiger partial charge in [0, 0.05) is 32.2 Å². The van der Waals surface area contributed by atoms with Crippen molar-refractivity contribution in [2.75, 3.05) is 45.9 Å². The maximum atomic E-state index is 5.58. The van der Waals surface area contributed by atoms with Crippen LogP contribution in [-0.2, 0) is 4.74 Å². The van der Waals surface area contributed by atoms with Gasteiger partial charge in [-0.25, -0.2) is 0 Å². The number of hydrogen-bond donors (Lipinski definition) is 0. The molecule has 17 heavy (non-hydrogen) atoms. The Hall–Kier alpha value is -0.380. The second-order valence-corrected chi connectivity index (χ2v) is 5.50. The highest BCUT2D eigenvalue weighted by Crippen LogP contribution is 2.20. The Bertz CT molecular complexity index is 255. The number of fused-ring (bicyclic) bond motifs is 1. The second-order valence-electron chi connectivity index (χ2n) is 5.50. The molecule has 0 radical (unpaired) electrons. The molecule has 0 aliphatic carbocycles.